The highest BCUT2D eigenvalue weighted by Crippen LogP contribution is 2.84. The van der Waals surface area contributed by atoms with Gasteiger partial charge in [0.15, 0.2) is 17.8 Å². The fraction of sp³-hybridized carbons (Fsp3) is 0.850. The normalized spacial score (nSPS) is 60.1. The minimum atomic E-state index is -2.24. The van der Waals surface area contributed by atoms with Crippen molar-refractivity contribution in [2.75, 3.05) is 0 Å². The molecule has 4 aliphatic heterocycles. The van der Waals surface area contributed by atoms with E-state index < -0.39 is 87.9 Å². The van der Waals surface area contributed by atoms with E-state index in [4.69, 9.17) is 18.9 Å². The van der Waals surface area contributed by atoms with E-state index in [-0.39, 0.29) is 6.42 Å². The number of hydrogen-bond acceptors (Lipinski definition) is 10. The Morgan fingerprint density at radius 1 is 1.03 bits per heavy atom. The Hall–Kier alpha value is -1.75. The van der Waals surface area contributed by atoms with Crippen molar-refractivity contribution in [3.63, 3.8) is 0 Å². The smallest absolute Gasteiger partial charge is 0.343 e. The Labute approximate surface area is 171 Å². The summed E-state index contributed by atoms with van der Waals surface area (Å²) >= 11 is 0. The third-order valence-electron chi connectivity index (χ3n) is 9.00. The maximum Gasteiger partial charge on any atom is 0.343 e. The zero-order chi connectivity index (χ0) is 21.8. The summed E-state index contributed by atoms with van der Waals surface area (Å²) in [5, 5.41) is 34.7. The van der Waals surface area contributed by atoms with Crippen molar-refractivity contribution in [3.05, 3.63) is 0 Å². The summed E-state index contributed by atoms with van der Waals surface area (Å²) in [5.41, 5.74) is -8.26. The average molecular weight is 424 g/mol. The van der Waals surface area contributed by atoms with Gasteiger partial charge in [0.05, 0.1) is 16.7 Å². The van der Waals surface area contributed by atoms with Crippen molar-refractivity contribution in [1.82, 2.24) is 0 Å². The van der Waals surface area contributed by atoms with Crippen LogP contribution in [-0.2, 0) is 33.3 Å². The number of ether oxygens (including phenoxy) is 4. The van der Waals surface area contributed by atoms with Gasteiger partial charge in [0.2, 0.25) is 11.9 Å². The molecule has 30 heavy (non-hydrogen) atoms. The van der Waals surface area contributed by atoms with Crippen LogP contribution >= 0.6 is 0 Å². The zero-order valence-corrected chi connectivity index (χ0v) is 16.9. The molecule has 2 saturated carbocycles. The standard InChI is InChI=1S/C20H24O10/c1-6-12(23)28-11-9(21)18-8-5-7(16(2,3)4)17(18)10(22)13(24)29-15(17)30-20(18,14(25)27-8)19(6,11)26/h6-11,15,21-22,26H,5H2,1-4H3/t6-,7+,8-,9+,10+,11+,15-,17?,18?,19-,20-/m1/s1. The van der Waals surface area contributed by atoms with Gasteiger partial charge >= 0.3 is 17.9 Å². The maximum atomic E-state index is 13.4. The third-order valence-corrected chi connectivity index (χ3v) is 9.00. The van der Waals surface area contributed by atoms with Gasteiger partial charge in [-0.3, -0.25) is 4.79 Å². The Bertz CT molecular complexity index is 925. The second-order valence-electron chi connectivity index (χ2n) is 10.7. The molecule has 2 unspecified atom stereocenters. The minimum absolute atomic E-state index is 0.229. The molecule has 4 saturated heterocycles. The monoisotopic (exact) mass is 424 g/mol. The Balaban J connectivity index is 1.72. The lowest BCUT2D eigenvalue weighted by molar-refractivity contribution is -0.239. The predicted molar refractivity (Wildman–Crippen MR) is 92.0 cm³/mol. The Morgan fingerprint density at radius 3 is 2.33 bits per heavy atom. The van der Waals surface area contributed by atoms with Crippen LogP contribution in [0.3, 0.4) is 0 Å². The van der Waals surface area contributed by atoms with Crippen LogP contribution in [0.25, 0.3) is 0 Å². The summed E-state index contributed by atoms with van der Waals surface area (Å²) in [6.45, 7) is 7.14. The zero-order valence-electron chi connectivity index (χ0n) is 16.9. The largest absolute Gasteiger partial charge is 0.459 e. The first-order valence-corrected chi connectivity index (χ1v) is 10.2. The summed E-state index contributed by atoms with van der Waals surface area (Å²) in [5.74, 6) is -4.32. The third kappa shape index (κ3) is 1.33. The van der Waals surface area contributed by atoms with E-state index in [9.17, 15) is 29.7 Å². The highest BCUT2D eigenvalue weighted by Gasteiger charge is 3.03. The van der Waals surface area contributed by atoms with Crippen LogP contribution in [0.4, 0.5) is 0 Å². The first kappa shape index (κ1) is 19.0. The van der Waals surface area contributed by atoms with Gasteiger partial charge in [-0.1, -0.05) is 20.8 Å². The number of hydrogen-bond donors (Lipinski definition) is 3. The van der Waals surface area contributed by atoms with Gasteiger partial charge < -0.3 is 34.3 Å². The molecule has 4 heterocycles. The molecule has 10 heteroatoms. The van der Waals surface area contributed by atoms with E-state index in [0.29, 0.717) is 0 Å². The van der Waals surface area contributed by atoms with Crippen LogP contribution < -0.4 is 0 Å². The van der Waals surface area contributed by atoms with Gasteiger partial charge in [0.1, 0.15) is 12.2 Å². The summed E-state index contributed by atoms with van der Waals surface area (Å²) in [6, 6.07) is 0. The number of rotatable bonds is 0. The fourth-order valence-corrected chi connectivity index (χ4v) is 8.12. The Kier molecular flexibility index (Phi) is 2.97. The van der Waals surface area contributed by atoms with E-state index in [2.05, 4.69) is 0 Å². The summed E-state index contributed by atoms with van der Waals surface area (Å²) < 4.78 is 22.5. The lowest BCUT2D eigenvalue weighted by atomic mass is 9.51. The van der Waals surface area contributed by atoms with Crippen molar-refractivity contribution in [3.8, 4) is 0 Å². The van der Waals surface area contributed by atoms with Gasteiger partial charge in [-0.25, -0.2) is 9.59 Å². The quantitative estimate of drug-likeness (QED) is 0.314. The number of aliphatic hydroxyl groups excluding tert-OH is 2. The summed E-state index contributed by atoms with van der Waals surface area (Å²) in [6.07, 6.45) is -6.91. The molecule has 0 amide bonds. The topological polar surface area (TPSA) is 149 Å². The van der Waals surface area contributed by atoms with Crippen molar-refractivity contribution in [1.29, 1.82) is 0 Å². The van der Waals surface area contributed by atoms with E-state index in [1.165, 1.54) is 6.92 Å². The van der Waals surface area contributed by atoms with Gasteiger partial charge in [0, 0.05) is 0 Å². The highest BCUT2D eigenvalue weighted by atomic mass is 16.8. The molecule has 3 N–H and O–H groups in total. The van der Waals surface area contributed by atoms with Crippen molar-refractivity contribution in [2.45, 2.75) is 76.0 Å². The van der Waals surface area contributed by atoms with Crippen LogP contribution in [0.15, 0.2) is 0 Å². The van der Waals surface area contributed by atoms with E-state index in [1.807, 2.05) is 20.8 Å². The molecule has 10 nitrogen and oxygen atoms in total. The fourth-order valence-electron chi connectivity index (χ4n) is 8.12. The van der Waals surface area contributed by atoms with Crippen LogP contribution in [0.1, 0.15) is 34.1 Å². The Morgan fingerprint density at radius 2 is 1.70 bits per heavy atom. The van der Waals surface area contributed by atoms with Crippen molar-refractivity contribution >= 4 is 17.9 Å². The molecular weight excluding hydrogens is 400 g/mol. The predicted octanol–water partition coefficient (Wildman–Crippen LogP) is -1.37. The molecular formula is C20H24O10. The molecule has 164 valence electrons. The van der Waals surface area contributed by atoms with Crippen LogP contribution in [0.5, 0.6) is 0 Å². The van der Waals surface area contributed by atoms with Crippen molar-refractivity contribution < 1.29 is 48.7 Å². The lowest BCUT2D eigenvalue weighted by Crippen LogP contribution is -2.67. The minimum Gasteiger partial charge on any atom is -0.459 e. The first-order valence-electron chi connectivity index (χ1n) is 10.2. The molecule has 2 aliphatic carbocycles. The van der Waals surface area contributed by atoms with Crippen LogP contribution in [0, 0.1) is 28.1 Å². The molecule has 0 aromatic carbocycles. The SMILES string of the molecule is C[C@@H]1C(=O)O[C@H]2[C@H](O)C34[C@H]5C[C@@H](C(C)(C)C)C36[C@H](OC(=O)[C@@H]6O)O[C@@]4(C(=O)O5)[C@@]12O. The number of carbonyl (C=O) groups is 3. The molecule has 6 fully saturated rings. The molecule has 6 rings (SSSR count). The average Bonchev–Trinajstić information content (AvgIpc) is 3.35. The molecule has 11 atom stereocenters. The molecule has 0 bridgehead atoms. The van der Waals surface area contributed by atoms with Crippen LogP contribution in [-0.4, -0.2) is 75.1 Å². The molecule has 2 spiro atoms. The van der Waals surface area contributed by atoms with Crippen molar-refractivity contribution in [2.24, 2.45) is 28.1 Å². The first-order chi connectivity index (χ1) is 13.8. The number of fused-ring (bicyclic) bond motifs is 1. The second-order valence-corrected chi connectivity index (χ2v) is 10.7. The molecule has 0 radical (unpaired) electrons. The maximum absolute atomic E-state index is 13.4. The number of esters is 3. The van der Waals surface area contributed by atoms with E-state index in [1.54, 1.807) is 0 Å². The highest BCUT2D eigenvalue weighted by molar-refractivity contribution is 5.94. The van der Waals surface area contributed by atoms with Gasteiger partial charge in [-0.2, -0.15) is 0 Å². The molecule has 0 aromatic heterocycles. The van der Waals surface area contributed by atoms with Crippen LogP contribution in [0.2, 0.25) is 0 Å². The molecule has 0 aromatic rings. The van der Waals surface area contributed by atoms with E-state index >= 15 is 0 Å². The van der Waals surface area contributed by atoms with Gasteiger partial charge in [0.25, 0.3) is 0 Å². The van der Waals surface area contributed by atoms with E-state index in [0.717, 1.165) is 0 Å². The second kappa shape index (κ2) is 4.69. The number of carbonyl (C=O) groups excluding carboxylic acids is 3. The van der Waals surface area contributed by atoms with Gasteiger partial charge in [-0.05, 0) is 24.7 Å². The number of aliphatic hydroxyl groups is 3. The van der Waals surface area contributed by atoms with Gasteiger partial charge in [-0.15, -0.1) is 0 Å². The lowest BCUT2D eigenvalue weighted by Gasteiger charge is -2.47. The summed E-state index contributed by atoms with van der Waals surface area (Å²) in [7, 11) is 0. The molecule has 6 aliphatic rings. The summed E-state index contributed by atoms with van der Waals surface area (Å²) in [4.78, 5) is 38.2.